The standard InChI is InChI=1S/C18H20N4O.ClH/c1-19-13-17-21-22-18(23-17)20-12-16(14-8-4-2-5-9-14)15-10-6-3-7-11-15;/h2-11,16,19H,12-13H2,1H3,(H,20,22);1H. The topological polar surface area (TPSA) is 63.0 Å². The lowest BCUT2D eigenvalue weighted by molar-refractivity contribution is 0.489. The van der Waals surface area contributed by atoms with Crippen molar-refractivity contribution in [2.45, 2.75) is 12.5 Å². The van der Waals surface area contributed by atoms with Gasteiger partial charge in [0.05, 0.1) is 6.54 Å². The largest absolute Gasteiger partial charge is 0.407 e. The molecule has 1 aromatic heterocycles. The first-order valence-electron chi connectivity index (χ1n) is 7.67. The molecule has 3 rings (SSSR count). The van der Waals surface area contributed by atoms with Crippen molar-refractivity contribution in [3.05, 3.63) is 77.7 Å². The van der Waals surface area contributed by atoms with Gasteiger partial charge in [0.1, 0.15) is 0 Å². The Bertz CT molecular complexity index is 679. The van der Waals surface area contributed by atoms with E-state index in [-0.39, 0.29) is 18.3 Å². The molecular formula is C18H21ClN4O. The van der Waals surface area contributed by atoms with E-state index in [1.54, 1.807) is 0 Å². The van der Waals surface area contributed by atoms with Crippen LogP contribution in [0.1, 0.15) is 22.9 Å². The fraction of sp³-hybridized carbons (Fsp3) is 0.222. The number of benzene rings is 2. The Morgan fingerprint density at radius 3 is 2.04 bits per heavy atom. The monoisotopic (exact) mass is 344 g/mol. The third kappa shape index (κ3) is 4.57. The number of nitrogens with one attached hydrogen (secondary N) is 2. The molecule has 0 unspecified atom stereocenters. The van der Waals surface area contributed by atoms with Crippen molar-refractivity contribution in [1.29, 1.82) is 0 Å². The molecule has 0 bridgehead atoms. The first-order valence-corrected chi connectivity index (χ1v) is 7.67. The molecule has 2 N–H and O–H groups in total. The van der Waals surface area contributed by atoms with Gasteiger partial charge in [-0.05, 0) is 18.2 Å². The number of anilines is 1. The van der Waals surface area contributed by atoms with E-state index in [2.05, 4.69) is 69.4 Å². The number of hydrogen-bond acceptors (Lipinski definition) is 5. The molecule has 6 heteroatoms. The fourth-order valence-corrected chi connectivity index (χ4v) is 2.54. The highest BCUT2D eigenvalue weighted by Crippen LogP contribution is 2.24. The van der Waals surface area contributed by atoms with Crippen LogP contribution in [0.15, 0.2) is 65.1 Å². The number of aromatic nitrogens is 2. The Hall–Kier alpha value is -2.37. The van der Waals surface area contributed by atoms with Crippen molar-refractivity contribution in [3.8, 4) is 0 Å². The summed E-state index contributed by atoms with van der Waals surface area (Å²) in [4.78, 5) is 0. The van der Waals surface area contributed by atoms with Crippen molar-refractivity contribution in [2.24, 2.45) is 0 Å². The Balaban J connectivity index is 0.00000208. The molecule has 2 aromatic carbocycles. The number of halogens is 1. The minimum absolute atomic E-state index is 0. The van der Waals surface area contributed by atoms with Crippen molar-refractivity contribution < 1.29 is 4.42 Å². The molecule has 0 radical (unpaired) electrons. The average Bonchev–Trinajstić information content (AvgIpc) is 3.05. The highest BCUT2D eigenvalue weighted by Gasteiger charge is 2.15. The lowest BCUT2D eigenvalue weighted by atomic mass is 9.91. The summed E-state index contributed by atoms with van der Waals surface area (Å²) in [6.45, 7) is 1.25. The minimum atomic E-state index is 0. The molecule has 0 fully saturated rings. The lowest BCUT2D eigenvalue weighted by Gasteiger charge is -2.18. The molecule has 0 spiro atoms. The van der Waals surface area contributed by atoms with Gasteiger partial charge in [0.25, 0.3) is 0 Å². The number of hydrogen-bond donors (Lipinski definition) is 2. The second kappa shape index (κ2) is 9.05. The van der Waals surface area contributed by atoms with Crippen LogP contribution in [0.25, 0.3) is 0 Å². The highest BCUT2D eigenvalue weighted by molar-refractivity contribution is 5.85. The summed E-state index contributed by atoms with van der Waals surface area (Å²) in [5, 5.41) is 14.3. The molecule has 3 aromatic rings. The number of nitrogens with zero attached hydrogens (tertiary/aromatic N) is 2. The molecule has 1 heterocycles. The van der Waals surface area contributed by atoms with Crippen LogP contribution in [-0.4, -0.2) is 23.8 Å². The van der Waals surface area contributed by atoms with Crippen LogP contribution < -0.4 is 10.6 Å². The first-order chi connectivity index (χ1) is 11.4. The Morgan fingerprint density at radius 2 is 1.50 bits per heavy atom. The molecule has 0 aliphatic rings. The van der Waals surface area contributed by atoms with E-state index in [1.165, 1.54) is 11.1 Å². The molecular weight excluding hydrogens is 324 g/mol. The van der Waals surface area contributed by atoms with Crippen LogP contribution in [0.4, 0.5) is 6.01 Å². The van der Waals surface area contributed by atoms with Crippen LogP contribution in [0, 0.1) is 0 Å². The molecule has 0 aliphatic carbocycles. The van der Waals surface area contributed by atoms with Crippen molar-refractivity contribution >= 4 is 18.4 Å². The second-order valence-corrected chi connectivity index (χ2v) is 5.29. The first kappa shape index (κ1) is 18.0. The molecule has 0 amide bonds. The van der Waals surface area contributed by atoms with Gasteiger partial charge in [0.15, 0.2) is 0 Å². The zero-order chi connectivity index (χ0) is 15.9. The highest BCUT2D eigenvalue weighted by atomic mass is 35.5. The van der Waals surface area contributed by atoms with Gasteiger partial charge in [-0.2, -0.15) is 0 Å². The maximum Gasteiger partial charge on any atom is 0.315 e. The van der Waals surface area contributed by atoms with Gasteiger partial charge < -0.3 is 15.1 Å². The summed E-state index contributed by atoms with van der Waals surface area (Å²) in [6, 6.07) is 21.3. The normalized spacial score (nSPS) is 10.4. The fourth-order valence-electron chi connectivity index (χ4n) is 2.54. The summed E-state index contributed by atoms with van der Waals surface area (Å²) in [5.41, 5.74) is 2.50. The van der Waals surface area contributed by atoms with E-state index in [1.807, 2.05) is 19.2 Å². The Kier molecular flexibility index (Phi) is 6.78. The van der Waals surface area contributed by atoms with E-state index in [4.69, 9.17) is 4.42 Å². The van der Waals surface area contributed by atoms with Gasteiger partial charge in [0.2, 0.25) is 5.89 Å². The number of rotatable bonds is 7. The van der Waals surface area contributed by atoms with E-state index in [0.29, 0.717) is 25.0 Å². The summed E-state index contributed by atoms with van der Waals surface area (Å²) in [5.74, 6) is 0.794. The van der Waals surface area contributed by atoms with Gasteiger partial charge in [-0.1, -0.05) is 65.8 Å². The van der Waals surface area contributed by atoms with Gasteiger partial charge in [-0.25, -0.2) is 0 Å². The van der Waals surface area contributed by atoms with Gasteiger partial charge in [-0.15, -0.1) is 17.5 Å². The van der Waals surface area contributed by atoms with Gasteiger partial charge in [-0.3, -0.25) is 0 Å². The molecule has 24 heavy (non-hydrogen) atoms. The molecule has 126 valence electrons. The molecule has 5 nitrogen and oxygen atoms in total. The zero-order valence-corrected chi connectivity index (χ0v) is 14.3. The third-order valence-corrected chi connectivity index (χ3v) is 3.66. The van der Waals surface area contributed by atoms with Crippen LogP contribution >= 0.6 is 12.4 Å². The molecule has 0 saturated heterocycles. The van der Waals surface area contributed by atoms with Crippen LogP contribution in [0.3, 0.4) is 0 Å². The van der Waals surface area contributed by atoms with Gasteiger partial charge >= 0.3 is 6.01 Å². The van der Waals surface area contributed by atoms with Crippen molar-refractivity contribution in [1.82, 2.24) is 15.5 Å². The van der Waals surface area contributed by atoms with E-state index < -0.39 is 0 Å². The predicted octanol–water partition coefficient (Wildman–Crippen LogP) is 3.45. The van der Waals surface area contributed by atoms with E-state index >= 15 is 0 Å². The van der Waals surface area contributed by atoms with Crippen molar-refractivity contribution in [2.75, 3.05) is 18.9 Å². The Morgan fingerprint density at radius 1 is 0.917 bits per heavy atom. The summed E-state index contributed by atoms with van der Waals surface area (Å²) in [6.07, 6.45) is 0. The quantitative estimate of drug-likeness (QED) is 0.687. The third-order valence-electron chi connectivity index (χ3n) is 3.66. The maximum atomic E-state index is 5.55. The Labute approximate surface area is 147 Å². The minimum Gasteiger partial charge on any atom is -0.407 e. The average molecular weight is 345 g/mol. The summed E-state index contributed by atoms with van der Waals surface area (Å²) < 4.78 is 5.55. The summed E-state index contributed by atoms with van der Waals surface area (Å²) >= 11 is 0. The molecule has 0 saturated carbocycles. The zero-order valence-electron chi connectivity index (χ0n) is 13.5. The van der Waals surface area contributed by atoms with Crippen LogP contribution in [0.5, 0.6) is 0 Å². The maximum absolute atomic E-state index is 5.55. The van der Waals surface area contributed by atoms with Gasteiger partial charge in [0, 0.05) is 12.5 Å². The predicted molar refractivity (Wildman–Crippen MR) is 97.5 cm³/mol. The van der Waals surface area contributed by atoms with Crippen LogP contribution in [-0.2, 0) is 6.54 Å². The van der Waals surface area contributed by atoms with E-state index in [0.717, 1.165) is 0 Å². The van der Waals surface area contributed by atoms with Crippen LogP contribution in [0.2, 0.25) is 0 Å². The summed E-state index contributed by atoms with van der Waals surface area (Å²) in [7, 11) is 1.85. The molecule has 0 atom stereocenters. The van der Waals surface area contributed by atoms with Crippen molar-refractivity contribution in [3.63, 3.8) is 0 Å². The molecule has 0 aliphatic heterocycles. The van der Waals surface area contributed by atoms with E-state index in [9.17, 15) is 0 Å². The smallest absolute Gasteiger partial charge is 0.315 e. The second-order valence-electron chi connectivity index (χ2n) is 5.29. The SMILES string of the molecule is CNCc1nnc(NCC(c2ccccc2)c2ccccc2)o1.Cl. The lowest BCUT2D eigenvalue weighted by Crippen LogP contribution is -2.14.